The van der Waals surface area contributed by atoms with Crippen LogP contribution in [0.1, 0.15) is 57.9 Å². The van der Waals surface area contributed by atoms with E-state index in [1.54, 1.807) is 0 Å². The SMILES string of the molecule is CCN(CC)C(=O)CC(C)NCC(c1cccs1)N1CCC(C)CC1. The van der Waals surface area contributed by atoms with Crippen molar-refractivity contribution >= 4 is 17.2 Å². The van der Waals surface area contributed by atoms with Crippen LogP contribution in [0.25, 0.3) is 0 Å². The highest BCUT2D eigenvalue weighted by molar-refractivity contribution is 7.10. The number of hydrogen-bond acceptors (Lipinski definition) is 4. The average Bonchev–Trinajstić information content (AvgIpc) is 3.12. The minimum absolute atomic E-state index is 0.208. The van der Waals surface area contributed by atoms with Gasteiger partial charge in [0.25, 0.3) is 0 Å². The van der Waals surface area contributed by atoms with Gasteiger partial charge in [-0.05, 0) is 64.1 Å². The second-order valence-electron chi connectivity index (χ2n) is 7.33. The zero-order chi connectivity index (χ0) is 18.2. The Morgan fingerprint density at radius 1 is 1.36 bits per heavy atom. The Labute approximate surface area is 157 Å². The Hall–Kier alpha value is -0.910. The maximum atomic E-state index is 12.3. The number of carbonyl (C=O) groups is 1. The number of amides is 1. The topological polar surface area (TPSA) is 35.6 Å². The van der Waals surface area contributed by atoms with Crippen LogP contribution in [-0.2, 0) is 4.79 Å². The summed E-state index contributed by atoms with van der Waals surface area (Å²) in [6, 6.07) is 5.03. The van der Waals surface area contributed by atoms with E-state index in [0.717, 1.165) is 25.6 Å². The summed E-state index contributed by atoms with van der Waals surface area (Å²) in [6.07, 6.45) is 3.16. The molecule has 2 heterocycles. The fraction of sp³-hybridized carbons (Fsp3) is 0.750. The van der Waals surface area contributed by atoms with Crippen LogP contribution in [-0.4, -0.2) is 54.5 Å². The highest BCUT2D eigenvalue weighted by atomic mass is 32.1. The molecule has 1 N–H and O–H groups in total. The lowest BCUT2D eigenvalue weighted by atomic mass is 9.97. The molecule has 2 atom stereocenters. The van der Waals surface area contributed by atoms with Gasteiger partial charge in [-0.2, -0.15) is 0 Å². The van der Waals surface area contributed by atoms with Crippen LogP contribution in [0.5, 0.6) is 0 Å². The van der Waals surface area contributed by atoms with E-state index in [1.165, 1.54) is 30.8 Å². The molecule has 1 amide bonds. The Bertz CT molecular complexity index is 493. The lowest BCUT2D eigenvalue weighted by Gasteiger charge is -2.37. The highest BCUT2D eigenvalue weighted by Gasteiger charge is 2.26. The number of rotatable bonds is 9. The number of nitrogens with one attached hydrogen (secondary N) is 1. The van der Waals surface area contributed by atoms with Crippen LogP contribution < -0.4 is 5.32 Å². The van der Waals surface area contributed by atoms with Gasteiger partial charge in [-0.3, -0.25) is 9.69 Å². The lowest BCUT2D eigenvalue weighted by molar-refractivity contribution is -0.131. The fourth-order valence-corrected chi connectivity index (χ4v) is 4.44. The van der Waals surface area contributed by atoms with Gasteiger partial charge in [-0.25, -0.2) is 0 Å². The number of hydrogen-bond donors (Lipinski definition) is 1. The van der Waals surface area contributed by atoms with Gasteiger partial charge in [-0.1, -0.05) is 13.0 Å². The van der Waals surface area contributed by atoms with Crippen molar-refractivity contribution in [3.63, 3.8) is 0 Å². The molecule has 2 rings (SSSR count). The average molecular weight is 366 g/mol. The Morgan fingerprint density at radius 3 is 2.60 bits per heavy atom. The van der Waals surface area contributed by atoms with E-state index >= 15 is 0 Å². The van der Waals surface area contributed by atoms with Crippen molar-refractivity contribution in [2.24, 2.45) is 5.92 Å². The standard InChI is InChI=1S/C20H35N3OS/c1-5-22(6-2)20(24)14-17(4)21-15-18(19-8-7-13-25-19)23-11-9-16(3)10-12-23/h7-8,13,16-18,21H,5-6,9-12,14-15H2,1-4H3. The van der Waals surface area contributed by atoms with Crippen molar-refractivity contribution in [3.8, 4) is 0 Å². The van der Waals surface area contributed by atoms with Crippen molar-refractivity contribution in [1.29, 1.82) is 0 Å². The van der Waals surface area contributed by atoms with Crippen molar-refractivity contribution in [3.05, 3.63) is 22.4 Å². The predicted molar refractivity (Wildman–Crippen MR) is 107 cm³/mol. The first-order valence-electron chi connectivity index (χ1n) is 9.83. The van der Waals surface area contributed by atoms with Crippen molar-refractivity contribution < 1.29 is 4.79 Å². The molecule has 1 aromatic rings. The highest BCUT2D eigenvalue weighted by Crippen LogP contribution is 2.29. The monoisotopic (exact) mass is 365 g/mol. The van der Waals surface area contributed by atoms with Gasteiger partial charge in [0.15, 0.2) is 0 Å². The van der Waals surface area contributed by atoms with Gasteiger partial charge >= 0.3 is 0 Å². The third-order valence-electron chi connectivity index (χ3n) is 5.39. The van der Waals surface area contributed by atoms with E-state index in [4.69, 9.17) is 0 Å². The number of likely N-dealkylation sites (tertiary alicyclic amines) is 1. The fourth-order valence-electron chi connectivity index (χ4n) is 3.58. The lowest BCUT2D eigenvalue weighted by Crippen LogP contribution is -2.43. The summed E-state index contributed by atoms with van der Waals surface area (Å²) in [5, 5.41) is 5.80. The first kappa shape index (κ1) is 20.4. The molecule has 0 bridgehead atoms. The summed E-state index contributed by atoms with van der Waals surface area (Å²) >= 11 is 1.85. The van der Waals surface area contributed by atoms with Crippen LogP contribution in [0, 0.1) is 5.92 Å². The first-order valence-corrected chi connectivity index (χ1v) is 10.7. The third-order valence-corrected chi connectivity index (χ3v) is 6.36. The van der Waals surface area contributed by atoms with Crippen molar-refractivity contribution in [2.45, 2.75) is 59.0 Å². The summed E-state index contributed by atoms with van der Waals surface area (Å²) in [5.74, 6) is 1.10. The molecular weight excluding hydrogens is 330 g/mol. The van der Waals surface area contributed by atoms with Gasteiger partial charge in [0.05, 0.1) is 6.04 Å². The van der Waals surface area contributed by atoms with Crippen molar-refractivity contribution in [2.75, 3.05) is 32.7 Å². The largest absolute Gasteiger partial charge is 0.343 e. The number of nitrogens with zero attached hydrogens (tertiary/aromatic N) is 2. The molecule has 1 aliphatic rings. The summed E-state index contributed by atoms with van der Waals surface area (Å²) in [5.41, 5.74) is 0. The molecule has 0 aliphatic carbocycles. The molecule has 25 heavy (non-hydrogen) atoms. The van der Waals surface area contributed by atoms with Gasteiger partial charge in [0.2, 0.25) is 5.91 Å². The van der Waals surface area contributed by atoms with E-state index in [0.29, 0.717) is 12.5 Å². The molecule has 0 spiro atoms. The summed E-state index contributed by atoms with van der Waals surface area (Å²) in [7, 11) is 0. The molecule has 1 aromatic heterocycles. The Balaban J connectivity index is 1.90. The number of piperidine rings is 1. The minimum Gasteiger partial charge on any atom is -0.343 e. The van der Waals surface area contributed by atoms with E-state index in [-0.39, 0.29) is 11.9 Å². The maximum Gasteiger partial charge on any atom is 0.224 e. The zero-order valence-electron chi connectivity index (χ0n) is 16.3. The Kier molecular flexibility index (Phi) is 8.40. The number of carbonyl (C=O) groups excluding carboxylic acids is 1. The molecule has 0 saturated carbocycles. The molecule has 0 radical (unpaired) electrons. The van der Waals surface area contributed by atoms with Crippen LogP contribution >= 0.6 is 11.3 Å². The summed E-state index contributed by atoms with van der Waals surface area (Å²) in [4.78, 5) is 18.3. The van der Waals surface area contributed by atoms with Crippen molar-refractivity contribution in [1.82, 2.24) is 15.1 Å². The van der Waals surface area contributed by atoms with Gasteiger partial charge < -0.3 is 10.2 Å². The van der Waals surface area contributed by atoms with Crippen LogP contribution in [0.2, 0.25) is 0 Å². The summed E-state index contributed by atoms with van der Waals surface area (Å²) in [6.45, 7) is 13.4. The maximum absolute atomic E-state index is 12.3. The van der Waals surface area contributed by atoms with E-state index in [1.807, 2.05) is 30.1 Å². The zero-order valence-corrected chi connectivity index (χ0v) is 17.1. The molecule has 1 aliphatic heterocycles. The van der Waals surface area contributed by atoms with Gasteiger partial charge in [-0.15, -0.1) is 11.3 Å². The third kappa shape index (κ3) is 6.08. The second-order valence-corrected chi connectivity index (χ2v) is 8.31. The van der Waals surface area contributed by atoms with E-state index in [9.17, 15) is 4.79 Å². The van der Waals surface area contributed by atoms with Crippen LogP contribution in [0.4, 0.5) is 0 Å². The van der Waals surface area contributed by atoms with Crippen LogP contribution in [0.15, 0.2) is 17.5 Å². The van der Waals surface area contributed by atoms with Gasteiger partial charge in [0, 0.05) is 37.0 Å². The number of thiophene rings is 1. The molecule has 1 saturated heterocycles. The molecule has 4 nitrogen and oxygen atoms in total. The molecule has 142 valence electrons. The predicted octanol–water partition coefficient (Wildman–Crippen LogP) is 3.76. The second kappa shape index (κ2) is 10.3. The summed E-state index contributed by atoms with van der Waals surface area (Å²) < 4.78 is 0. The molecule has 0 aromatic carbocycles. The molecule has 2 unspecified atom stereocenters. The molecular formula is C20H35N3OS. The van der Waals surface area contributed by atoms with E-state index in [2.05, 4.69) is 41.6 Å². The smallest absolute Gasteiger partial charge is 0.224 e. The molecule has 5 heteroatoms. The first-order chi connectivity index (χ1) is 12.0. The van der Waals surface area contributed by atoms with Gasteiger partial charge in [0.1, 0.15) is 0 Å². The van der Waals surface area contributed by atoms with Crippen LogP contribution in [0.3, 0.4) is 0 Å². The minimum atomic E-state index is 0.208. The quantitative estimate of drug-likeness (QED) is 0.724. The Morgan fingerprint density at radius 2 is 2.04 bits per heavy atom. The normalized spacial score (nSPS) is 18.9. The molecule has 1 fully saturated rings. The van der Waals surface area contributed by atoms with E-state index < -0.39 is 0 Å².